The SMILES string of the molecule is CCCCCCCCCCNS(=O)(=O)C(C)CNCC. The second kappa shape index (κ2) is 12.6. The molecule has 0 saturated carbocycles. The Balaban J connectivity index is 3.53. The fraction of sp³-hybridized carbons (Fsp3) is 1.00. The van der Waals surface area contributed by atoms with E-state index >= 15 is 0 Å². The van der Waals surface area contributed by atoms with Crippen LogP contribution in [0, 0.1) is 0 Å². The minimum absolute atomic E-state index is 0.364. The molecule has 5 heteroatoms. The zero-order valence-electron chi connectivity index (χ0n) is 13.6. The molecule has 0 heterocycles. The van der Waals surface area contributed by atoms with Gasteiger partial charge in [-0.3, -0.25) is 0 Å². The molecule has 0 aromatic carbocycles. The summed E-state index contributed by atoms with van der Waals surface area (Å²) in [6, 6.07) is 0. The predicted molar refractivity (Wildman–Crippen MR) is 87.5 cm³/mol. The van der Waals surface area contributed by atoms with Gasteiger partial charge < -0.3 is 5.32 Å². The molecule has 0 aliphatic carbocycles. The van der Waals surface area contributed by atoms with E-state index in [0.717, 1.165) is 19.4 Å². The van der Waals surface area contributed by atoms with Crippen LogP contribution in [-0.2, 0) is 10.0 Å². The molecular weight excluding hydrogens is 272 g/mol. The van der Waals surface area contributed by atoms with E-state index in [2.05, 4.69) is 17.0 Å². The lowest BCUT2D eigenvalue weighted by atomic mass is 10.1. The number of unbranched alkanes of at least 4 members (excludes halogenated alkanes) is 7. The Labute approximate surface area is 126 Å². The van der Waals surface area contributed by atoms with E-state index in [1.54, 1.807) is 6.92 Å². The highest BCUT2D eigenvalue weighted by Gasteiger charge is 2.18. The van der Waals surface area contributed by atoms with E-state index in [-0.39, 0.29) is 5.25 Å². The van der Waals surface area contributed by atoms with Crippen molar-refractivity contribution >= 4 is 10.0 Å². The van der Waals surface area contributed by atoms with Gasteiger partial charge in [-0.15, -0.1) is 0 Å². The summed E-state index contributed by atoms with van der Waals surface area (Å²) < 4.78 is 26.5. The van der Waals surface area contributed by atoms with E-state index in [0.29, 0.717) is 13.1 Å². The Kier molecular flexibility index (Phi) is 12.5. The fourth-order valence-electron chi connectivity index (χ4n) is 2.07. The van der Waals surface area contributed by atoms with Crippen LogP contribution in [0.15, 0.2) is 0 Å². The van der Waals surface area contributed by atoms with Crippen molar-refractivity contribution in [3.05, 3.63) is 0 Å². The van der Waals surface area contributed by atoms with Gasteiger partial charge in [0.05, 0.1) is 5.25 Å². The van der Waals surface area contributed by atoms with Crippen molar-refractivity contribution in [1.82, 2.24) is 10.0 Å². The molecule has 2 N–H and O–H groups in total. The van der Waals surface area contributed by atoms with Crippen LogP contribution in [-0.4, -0.2) is 33.3 Å². The highest BCUT2D eigenvalue weighted by atomic mass is 32.2. The third-order valence-corrected chi connectivity index (χ3v) is 5.38. The van der Waals surface area contributed by atoms with Crippen molar-refractivity contribution in [3.8, 4) is 0 Å². The van der Waals surface area contributed by atoms with E-state index < -0.39 is 10.0 Å². The Morgan fingerprint density at radius 3 is 2.00 bits per heavy atom. The van der Waals surface area contributed by atoms with Crippen LogP contribution < -0.4 is 10.0 Å². The molecule has 0 aromatic rings. The maximum atomic E-state index is 11.9. The predicted octanol–water partition coefficient (Wildman–Crippen LogP) is 3.04. The second-order valence-corrected chi connectivity index (χ2v) is 7.72. The Morgan fingerprint density at radius 1 is 0.900 bits per heavy atom. The van der Waals surface area contributed by atoms with E-state index in [9.17, 15) is 8.42 Å². The van der Waals surface area contributed by atoms with Crippen molar-refractivity contribution in [2.45, 2.75) is 77.4 Å². The van der Waals surface area contributed by atoms with Gasteiger partial charge in [0.15, 0.2) is 0 Å². The topological polar surface area (TPSA) is 58.2 Å². The summed E-state index contributed by atoms with van der Waals surface area (Å²) in [5.74, 6) is 0. The lowest BCUT2D eigenvalue weighted by Crippen LogP contribution is -2.39. The van der Waals surface area contributed by atoms with Gasteiger partial charge in [-0.2, -0.15) is 0 Å². The number of nitrogens with one attached hydrogen (secondary N) is 2. The molecule has 0 amide bonds. The van der Waals surface area contributed by atoms with Crippen molar-refractivity contribution in [2.24, 2.45) is 0 Å². The maximum Gasteiger partial charge on any atom is 0.215 e. The molecule has 0 bridgehead atoms. The second-order valence-electron chi connectivity index (χ2n) is 5.53. The summed E-state index contributed by atoms with van der Waals surface area (Å²) in [6.07, 6.45) is 9.85. The standard InChI is InChI=1S/C15H34N2O2S/c1-4-6-7-8-9-10-11-12-13-17-20(18,19)15(3)14-16-5-2/h15-17H,4-14H2,1-3H3. The van der Waals surface area contributed by atoms with Gasteiger partial charge in [0.2, 0.25) is 10.0 Å². The van der Waals surface area contributed by atoms with Gasteiger partial charge in [0.1, 0.15) is 0 Å². The first kappa shape index (κ1) is 19.9. The number of rotatable bonds is 14. The minimum atomic E-state index is -3.15. The summed E-state index contributed by atoms with van der Waals surface area (Å²) >= 11 is 0. The van der Waals surface area contributed by atoms with Crippen molar-refractivity contribution in [3.63, 3.8) is 0 Å². The van der Waals surface area contributed by atoms with Crippen LogP contribution in [0.4, 0.5) is 0 Å². The number of hydrogen-bond acceptors (Lipinski definition) is 3. The third kappa shape index (κ3) is 10.6. The fourth-order valence-corrected chi connectivity index (χ4v) is 3.12. The smallest absolute Gasteiger partial charge is 0.215 e. The van der Waals surface area contributed by atoms with E-state index in [1.165, 1.54) is 38.5 Å². The number of sulfonamides is 1. The van der Waals surface area contributed by atoms with Crippen molar-refractivity contribution < 1.29 is 8.42 Å². The first-order valence-corrected chi connectivity index (χ1v) is 9.78. The minimum Gasteiger partial charge on any atom is -0.316 e. The molecule has 0 aliphatic heterocycles. The molecule has 0 saturated heterocycles. The van der Waals surface area contributed by atoms with Crippen LogP contribution in [0.1, 0.15) is 72.1 Å². The highest BCUT2D eigenvalue weighted by Crippen LogP contribution is 2.08. The van der Waals surface area contributed by atoms with Gasteiger partial charge in [0, 0.05) is 13.1 Å². The normalized spacial score (nSPS) is 13.6. The summed E-state index contributed by atoms with van der Waals surface area (Å²) in [4.78, 5) is 0. The molecule has 0 aliphatic rings. The Hall–Kier alpha value is -0.130. The molecular formula is C15H34N2O2S. The molecule has 0 spiro atoms. The van der Waals surface area contributed by atoms with Gasteiger partial charge >= 0.3 is 0 Å². The Bertz CT molecular complexity index is 305. The van der Waals surface area contributed by atoms with Crippen LogP contribution in [0.5, 0.6) is 0 Å². The van der Waals surface area contributed by atoms with E-state index in [1.807, 2.05) is 6.92 Å². The molecule has 122 valence electrons. The lowest BCUT2D eigenvalue weighted by molar-refractivity contribution is 0.547. The van der Waals surface area contributed by atoms with Crippen LogP contribution >= 0.6 is 0 Å². The van der Waals surface area contributed by atoms with Gasteiger partial charge in [-0.1, -0.05) is 58.8 Å². The number of hydrogen-bond donors (Lipinski definition) is 2. The molecule has 20 heavy (non-hydrogen) atoms. The van der Waals surface area contributed by atoms with E-state index in [4.69, 9.17) is 0 Å². The summed E-state index contributed by atoms with van der Waals surface area (Å²) in [5.41, 5.74) is 0. The summed E-state index contributed by atoms with van der Waals surface area (Å²) in [5, 5.41) is 2.71. The molecule has 0 radical (unpaired) electrons. The van der Waals surface area contributed by atoms with Gasteiger partial charge in [-0.05, 0) is 19.9 Å². The van der Waals surface area contributed by atoms with Crippen LogP contribution in [0.25, 0.3) is 0 Å². The molecule has 0 rings (SSSR count). The first-order chi connectivity index (χ1) is 9.54. The monoisotopic (exact) mass is 306 g/mol. The quantitative estimate of drug-likeness (QED) is 0.485. The zero-order chi connectivity index (χ0) is 15.3. The molecule has 0 fully saturated rings. The summed E-state index contributed by atoms with van der Waals surface area (Å²) in [7, 11) is -3.15. The Morgan fingerprint density at radius 2 is 1.45 bits per heavy atom. The molecule has 0 aromatic heterocycles. The van der Waals surface area contributed by atoms with Gasteiger partial charge in [-0.25, -0.2) is 13.1 Å². The average molecular weight is 307 g/mol. The highest BCUT2D eigenvalue weighted by molar-refractivity contribution is 7.90. The molecule has 1 atom stereocenters. The average Bonchev–Trinajstić information content (AvgIpc) is 2.42. The van der Waals surface area contributed by atoms with Gasteiger partial charge in [0.25, 0.3) is 0 Å². The largest absolute Gasteiger partial charge is 0.316 e. The van der Waals surface area contributed by atoms with Crippen LogP contribution in [0.3, 0.4) is 0 Å². The molecule has 1 unspecified atom stereocenters. The third-order valence-electron chi connectivity index (χ3n) is 3.55. The maximum absolute atomic E-state index is 11.9. The summed E-state index contributed by atoms with van der Waals surface area (Å²) in [6.45, 7) is 7.85. The van der Waals surface area contributed by atoms with Crippen LogP contribution in [0.2, 0.25) is 0 Å². The molecule has 4 nitrogen and oxygen atoms in total. The lowest BCUT2D eigenvalue weighted by Gasteiger charge is -2.14. The zero-order valence-corrected chi connectivity index (χ0v) is 14.4. The van der Waals surface area contributed by atoms with Crippen molar-refractivity contribution in [1.29, 1.82) is 0 Å². The van der Waals surface area contributed by atoms with Crippen molar-refractivity contribution in [2.75, 3.05) is 19.6 Å². The first-order valence-electron chi connectivity index (χ1n) is 8.23.